The van der Waals surface area contributed by atoms with E-state index in [1.54, 1.807) is 0 Å². The van der Waals surface area contributed by atoms with Crippen LogP contribution in [0.25, 0.3) is 0 Å². The highest BCUT2D eigenvalue weighted by Crippen LogP contribution is 2.45. The minimum Gasteiger partial charge on any atom is -0.462 e. The second kappa shape index (κ2) is 67.6. The van der Waals surface area contributed by atoms with Gasteiger partial charge >= 0.3 is 39.5 Å². The highest BCUT2D eigenvalue weighted by atomic mass is 31.2. The van der Waals surface area contributed by atoms with Crippen molar-refractivity contribution in [2.45, 2.75) is 406 Å². The van der Waals surface area contributed by atoms with Crippen LogP contribution in [-0.2, 0) is 65.4 Å². The molecular weight excluding hydrogens is 1210 g/mol. The quantitative estimate of drug-likeness (QED) is 0.0222. The SMILES string of the molecule is CCCCCCCCCCCCCCCCCCCCC(=O)O[C@H](COC(=O)CCCCCCCCCCCCCCCC)COP(=O)(O)OC[C@@H](O)COP(=O)(O)OC[C@@H](COC(=O)CCCCCCCCCC)OC(=O)CCCCCCCCCCCCCC. The van der Waals surface area contributed by atoms with E-state index < -0.39 is 97.5 Å². The molecule has 0 aromatic carbocycles. The summed E-state index contributed by atoms with van der Waals surface area (Å²) in [6.07, 6.45) is 56.8. The average Bonchev–Trinajstić information content (AvgIpc) is 1.83. The molecule has 546 valence electrons. The molecule has 3 N–H and O–H groups in total. The first-order valence-corrected chi connectivity index (χ1v) is 41.3. The number of hydrogen-bond donors (Lipinski definition) is 3. The Balaban J connectivity index is 5.20. The Morgan fingerprint density at radius 3 is 0.641 bits per heavy atom. The van der Waals surface area contributed by atoms with Crippen LogP contribution in [0.1, 0.15) is 387 Å². The van der Waals surface area contributed by atoms with E-state index >= 15 is 0 Å². The van der Waals surface area contributed by atoms with Crippen LogP contribution < -0.4 is 0 Å². The topological polar surface area (TPSA) is 237 Å². The van der Waals surface area contributed by atoms with Gasteiger partial charge in [-0.3, -0.25) is 37.3 Å². The normalized spacial score (nSPS) is 13.9. The molecular formula is C73H142O17P2. The van der Waals surface area contributed by atoms with E-state index in [-0.39, 0.29) is 25.7 Å². The van der Waals surface area contributed by atoms with Gasteiger partial charge in [-0.2, -0.15) is 0 Å². The van der Waals surface area contributed by atoms with E-state index in [0.29, 0.717) is 25.7 Å². The van der Waals surface area contributed by atoms with Gasteiger partial charge in [-0.05, 0) is 25.7 Å². The van der Waals surface area contributed by atoms with Gasteiger partial charge in [0.25, 0.3) is 0 Å². The molecule has 0 heterocycles. The summed E-state index contributed by atoms with van der Waals surface area (Å²) >= 11 is 0. The van der Waals surface area contributed by atoms with E-state index in [1.165, 1.54) is 212 Å². The van der Waals surface area contributed by atoms with Crippen molar-refractivity contribution in [3.63, 3.8) is 0 Å². The Kier molecular flexibility index (Phi) is 66.2. The van der Waals surface area contributed by atoms with Gasteiger partial charge in [-0.15, -0.1) is 0 Å². The van der Waals surface area contributed by atoms with Gasteiger partial charge in [-0.1, -0.05) is 336 Å². The first-order valence-electron chi connectivity index (χ1n) is 38.3. The molecule has 19 heteroatoms. The van der Waals surface area contributed by atoms with Crippen molar-refractivity contribution in [3.8, 4) is 0 Å². The standard InChI is InChI=1S/C73H142O17P2/c1-5-9-13-17-21-25-28-31-33-34-35-36-38-41-44-48-52-56-60-73(78)90-69(64-84-71(76)58-54-50-46-42-40-37-32-29-26-22-18-14-10-6-2)66-88-92(81,82)86-62-67(74)61-85-91(79,80)87-65-68(63-83-70(75)57-53-49-45-24-20-16-12-8-4)89-72(77)59-55-51-47-43-39-30-27-23-19-15-11-7-3/h67-69,74H,5-66H2,1-4H3,(H,79,80)(H,81,82)/t67-,68+,69+/m0/s1. The number of aliphatic hydroxyl groups is 1. The summed E-state index contributed by atoms with van der Waals surface area (Å²) in [6.45, 7) is 4.95. The number of carbonyl (C=O) groups excluding carboxylic acids is 4. The molecule has 0 radical (unpaired) electrons. The predicted molar refractivity (Wildman–Crippen MR) is 372 cm³/mol. The zero-order valence-corrected chi connectivity index (χ0v) is 61.3. The number of phosphoric ester groups is 2. The van der Waals surface area contributed by atoms with Crippen LogP contribution in [0.2, 0.25) is 0 Å². The van der Waals surface area contributed by atoms with E-state index in [1.807, 2.05) is 0 Å². The van der Waals surface area contributed by atoms with Crippen molar-refractivity contribution in [2.75, 3.05) is 39.6 Å². The lowest BCUT2D eigenvalue weighted by molar-refractivity contribution is -0.161. The fourth-order valence-electron chi connectivity index (χ4n) is 11.2. The molecule has 92 heavy (non-hydrogen) atoms. The maximum absolute atomic E-state index is 13.1. The van der Waals surface area contributed by atoms with Gasteiger partial charge in [0.05, 0.1) is 26.4 Å². The Bertz CT molecular complexity index is 1760. The number of hydrogen-bond acceptors (Lipinski definition) is 15. The van der Waals surface area contributed by atoms with Crippen molar-refractivity contribution in [2.24, 2.45) is 0 Å². The maximum atomic E-state index is 13.1. The minimum absolute atomic E-state index is 0.108. The molecule has 0 aromatic heterocycles. The zero-order valence-electron chi connectivity index (χ0n) is 59.5. The van der Waals surface area contributed by atoms with Crippen LogP contribution in [0.5, 0.6) is 0 Å². The highest BCUT2D eigenvalue weighted by molar-refractivity contribution is 7.47. The third-order valence-corrected chi connectivity index (χ3v) is 19.0. The number of rotatable bonds is 74. The smallest absolute Gasteiger partial charge is 0.462 e. The van der Waals surface area contributed by atoms with Crippen LogP contribution in [0.4, 0.5) is 0 Å². The van der Waals surface area contributed by atoms with Gasteiger partial charge in [-0.25, -0.2) is 9.13 Å². The average molecular weight is 1350 g/mol. The van der Waals surface area contributed by atoms with Crippen LogP contribution in [0.3, 0.4) is 0 Å². The molecule has 0 aliphatic carbocycles. The van der Waals surface area contributed by atoms with Crippen LogP contribution >= 0.6 is 15.6 Å². The first-order chi connectivity index (χ1) is 44.7. The largest absolute Gasteiger partial charge is 0.472 e. The van der Waals surface area contributed by atoms with E-state index in [4.69, 9.17) is 37.0 Å². The highest BCUT2D eigenvalue weighted by Gasteiger charge is 2.30. The second-order valence-electron chi connectivity index (χ2n) is 26.3. The van der Waals surface area contributed by atoms with Crippen LogP contribution in [0, 0.1) is 0 Å². The molecule has 0 rings (SSSR count). The summed E-state index contributed by atoms with van der Waals surface area (Å²) in [5.74, 6) is -2.12. The molecule has 0 fully saturated rings. The Morgan fingerprint density at radius 1 is 0.261 bits per heavy atom. The summed E-state index contributed by atoms with van der Waals surface area (Å²) < 4.78 is 68.3. The summed E-state index contributed by atoms with van der Waals surface area (Å²) in [6, 6.07) is 0. The van der Waals surface area contributed by atoms with Gasteiger partial charge < -0.3 is 33.8 Å². The number of carbonyl (C=O) groups is 4. The van der Waals surface area contributed by atoms with E-state index in [9.17, 15) is 43.2 Å². The van der Waals surface area contributed by atoms with Crippen LogP contribution in [-0.4, -0.2) is 96.7 Å². The van der Waals surface area contributed by atoms with Gasteiger partial charge in [0, 0.05) is 25.7 Å². The van der Waals surface area contributed by atoms with Crippen molar-refractivity contribution in [3.05, 3.63) is 0 Å². The van der Waals surface area contributed by atoms with Crippen molar-refractivity contribution in [1.29, 1.82) is 0 Å². The molecule has 0 saturated heterocycles. The zero-order chi connectivity index (χ0) is 67.5. The van der Waals surface area contributed by atoms with E-state index in [0.717, 1.165) is 96.3 Å². The second-order valence-corrected chi connectivity index (χ2v) is 29.2. The monoisotopic (exact) mass is 1350 g/mol. The summed E-state index contributed by atoms with van der Waals surface area (Å²) in [5.41, 5.74) is 0. The molecule has 0 aromatic rings. The predicted octanol–water partition coefficient (Wildman–Crippen LogP) is 21.4. The third-order valence-electron chi connectivity index (χ3n) is 17.1. The fourth-order valence-corrected chi connectivity index (χ4v) is 12.8. The van der Waals surface area contributed by atoms with Gasteiger partial charge in [0.15, 0.2) is 12.2 Å². The molecule has 0 bridgehead atoms. The lowest BCUT2D eigenvalue weighted by Crippen LogP contribution is -2.30. The minimum atomic E-state index is -4.95. The van der Waals surface area contributed by atoms with Crippen molar-refractivity contribution < 1.29 is 80.2 Å². The molecule has 0 aliphatic heterocycles. The Hall–Kier alpha value is -1.94. The lowest BCUT2D eigenvalue weighted by Gasteiger charge is -2.21. The summed E-state index contributed by atoms with van der Waals surface area (Å²) in [7, 11) is -9.90. The molecule has 5 atom stereocenters. The number of ether oxygens (including phenoxy) is 4. The maximum Gasteiger partial charge on any atom is 0.472 e. The Labute approximate surface area is 562 Å². The third kappa shape index (κ3) is 66.7. The fraction of sp³-hybridized carbons (Fsp3) is 0.945. The first kappa shape index (κ1) is 90.1. The molecule has 0 saturated carbocycles. The number of esters is 4. The number of aliphatic hydroxyl groups excluding tert-OH is 1. The Morgan fingerprint density at radius 2 is 0.435 bits per heavy atom. The van der Waals surface area contributed by atoms with E-state index in [2.05, 4.69) is 27.7 Å². The molecule has 17 nitrogen and oxygen atoms in total. The van der Waals surface area contributed by atoms with Crippen LogP contribution in [0.15, 0.2) is 0 Å². The lowest BCUT2D eigenvalue weighted by atomic mass is 10.0. The summed E-state index contributed by atoms with van der Waals surface area (Å²) in [5, 5.41) is 10.6. The molecule has 0 spiro atoms. The van der Waals surface area contributed by atoms with Crippen molar-refractivity contribution >= 4 is 39.5 Å². The number of phosphoric acid groups is 2. The molecule has 2 unspecified atom stereocenters. The number of unbranched alkanes of at least 4 members (excludes halogenated alkanes) is 48. The van der Waals surface area contributed by atoms with Gasteiger partial charge in [0.1, 0.15) is 19.3 Å². The molecule has 0 amide bonds. The summed E-state index contributed by atoms with van der Waals surface area (Å²) in [4.78, 5) is 72.6. The van der Waals surface area contributed by atoms with Gasteiger partial charge in [0.2, 0.25) is 0 Å². The van der Waals surface area contributed by atoms with Crippen molar-refractivity contribution in [1.82, 2.24) is 0 Å². The molecule has 0 aliphatic rings.